The van der Waals surface area contributed by atoms with E-state index >= 15 is 0 Å². The highest BCUT2D eigenvalue weighted by molar-refractivity contribution is 7.99. The monoisotopic (exact) mass is 242 g/mol. The summed E-state index contributed by atoms with van der Waals surface area (Å²) in [4.78, 5) is 4.27. The van der Waals surface area contributed by atoms with Crippen LogP contribution in [0.5, 0.6) is 0 Å². The minimum atomic E-state index is 0.602. The molecule has 16 heavy (non-hydrogen) atoms. The molecular formula is C11H22N4S. The van der Waals surface area contributed by atoms with Gasteiger partial charge < -0.3 is 5.32 Å². The van der Waals surface area contributed by atoms with E-state index in [2.05, 4.69) is 42.4 Å². The molecule has 1 aromatic heterocycles. The molecule has 1 unspecified atom stereocenters. The molecule has 0 aliphatic rings. The van der Waals surface area contributed by atoms with Crippen molar-refractivity contribution in [3.63, 3.8) is 0 Å². The van der Waals surface area contributed by atoms with Gasteiger partial charge in [0.1, 0.15) is 12.2 Å². The van der Waals surface area contributed by atoms with Crippen LogP contribution >= 0.6 is 11.8 Å². The lowest BCUT2D eigenvalue weighted by Crippen LogP contribution is -2.24. The number of hydrogen-bond donors (Lipinski definition) is 1. The second-order valence-electron chi connectivity index (χ2n) is 4.43. The predicted molar refractivity (Wildman–Crippen MR) is 69.5 cm³/mol. The summed E-state index contributed by atoms with van der Waals surface area (Å²) in [6.45, 7) is 9.35. The van der Waals surface area contributed by atoms with Gasteiger partial charge in [0.2, 0.25) is 0 Å². The van der Waals surface area contributed by atoms with Crippen molar-refractivity contribution < 1.29 is 0 Å². The summed E-state index contributed by atoms with van der Waals surface area (Å²) >= 11 is 1.87. The second kappa shape index (κ2) is 6.91. The molecule has 1 rings (SSSR count). The van der Waals surface area contributed by atoms with Gasteiger partial charge in [0, 0.05) is 18.3 Å². The lowest BCUT2D eigenvalue weighted by atomic mass is 10.2. The second-order valence-corrected chi connectivity index (χ2v) is 5.71. The largest absolute Gasteiger partial charge is 0.309 e. The molecule has 0 spiro atoms. The average molecular weight is 242 g/mol. The highest BCUT2D eigenvalue weighted by Gasteiger charge is 2.06. The zero-order valence-electron chi connectivity index (χ0n) is 10.6. The van der Waals surface area contributed by atoms with Crippen molar-refractivity contribution in [2.24, 2.45) is 5.92 Å². The minimum absolute atomic E-state index is 0.602. The maximum Gasteiger partial charge on any atom is 0.140 e. The molecule has 0 bridgehead atoms. The van der Waals surface area contributed by atoms with Crippen molar-refractivity contribution >= 4 is 11.8 Å². The van der Waals surface area contributed by atoms with Gasteiger partial charge in [-0.25, -0.2) is 9.67 Å². The fourth-order valence-corrected chi connectivity index (χ4v) is 1.68. The predicted octanol–water partition coefficient (Wildman–Crippen LogP) is 1.78. The Balaban J connectivity index is 2.38. The highest BCUT2D eigenvalue weighted by Crippen LogP contribution is 2.04. The first kappa shape index (κ1) is 13.5. The molecule has 5 heteroatoms. The first-order valence-corrected chi connectivity index (χ1v) is 7.02. The van der Waals surface area contributed by atoms with Crippen LogP contribution in [0.1, 0.15) is 26.6 Å². The van der Waals surface area contributed by atoms with Gasteiger partial charge >= 0.3 is 0 Å². The third-order valence-corrected chi connectivity index (χ3v) is 3.32. The van der Waals surface area contributed by atoms with Gasteiger partial charge in [-0.2, -0.15) is 16.9 Å². The number of nitrogens with one attached hydrogen (secondary N) is 1. The van der Waals surface area contributed by atoms with Gasteiger partial charge in [-0.1, -0.05) is 20.8 Å². The molecule has 92 valence electrons. The van der Waals surface area contributed by atoms with Gasteiger partial charge in [0.15, 0.2) is 0 Å². The van der Waals surface area contributed by atoms with Gasteiger partial charge in [0.05, 0.1) is 6.54 Å². The maximum atomic E-state index is 4.27. The van der Waals surface area contributed by atoms with Crippen molar-refractivity contribution in [2.45, 2.75) is 39.1 Å². The molecule has 0 aliphatic carbocycles. The van der Waals surface area contributed by atoms with Crippen LogP contribution in [0.4, 0.5) is 0 Å². The van der Waals surface area contributed by atoms with Crippen molar-refractivity contribution in [3.8, 4) is 0 Å². The number of nitrogens with zero attached hydrogens (tertiary/aromatic N) is 3. The Hall–Kier alpha value is -0.550. The third-order valence-electron chi connectivity index (χ3n) is 2.35. The summed E-state index contributed by atoms with van der Waals surface area (Å²) in [7, 11) is 0. The molecule has 0 aromatic carbocycles. The summed E-state index contributed by atoms with van der Waals surface area (Å²) < 4.78 is 1.99. The van der Waals surface area contributed by atoms with Crippen LogP contribution in [0.15, 0.2) is 6.33 Å². The summed E-state index contributed by atoms with van der Waals surface area (Å²) in [6, 6.07) is 0. The quantitative estimate of drug-likeness (QED) is 0.791. The first-order chi connectivity index (χ1) is 7.63. The minimum Gasteiger partial charge on any atom is -0.309 e. The fourth-order valence-electron chi connectivity index (χ4n) is 1.39. The molecule has 0 fully saturated rings. The highest BCUT2D eigenvalue weighted by atomic mass is 32.2. The van der Waals surface area contributed by atoms with Crippen LogP contribution in [0.25, 0.3) is 0 Å². The van der Waals surface area contributed by atoms with Gasteiger partial charge in [-0.3, -0.25) is 0 Å². The van der Waals surface area contributed by atoms with Crippen LogP contribution < -0.4 is 5.32 Å². The smallest absolute Gasteiger partial charge is 0.140 e. The first-order valence-electron chi connectivity index (χ1n) is 5.73. The zero-order chi connectivity index (χ0) is 12.0. The summed E-state index contributed by atoms with van der Waals surface area (Å²) in [5, 5.41) is 8.28. The number of rotatable bonds is 7. The molecule has 1 heterocycles. The van der Waals surface area contributed by atoms with E-state index in [0.29, 0.717) is 11.2 Å². The van der Waals surface area contributed by atoms with E-state index in [1.807, 2.05) is 16.4 Å². The maximum absolute atomic E-state index is 4.27. The van der Waals surface area contributed by atoms with Gasteiger partial charge in [0.25, 0.3) is 0 Å². The van der Waals surface area contributed by atoms with Crippen LogP contribution in [0.2, 0.25) is 0 Å². The fraction of sp³-hybridized carbons (Fsp3) is 0.818. The SMILES string of the molecule is CSC(C)CNCc1ncnn1CC(C)C. The van der Waals surface area contributed by atoms with Gasteiger partial charge in [-0.05, 0) is 12.2 Å². The van der Waals surface area contributed by atoms with E-state index in [1.165, 1.54) is 0 Å². The van der Waals surface area contributed by atoms with Crippen LogP contribution in [0, 0.1) is 5.92 Å². The number of thioether (sulfide) groups is 1. The normalized spacial score (nSPS) is 13.3. The lowest BCUT2D eigenvalue weighted by molar-refractivity contribution is 0.458. The topological polar surface area (TPSA) is 42.7 Å². The molecule has 0 aliphatic heterocycles. The molecule has 0 saturated carbocycles. The van der Waals surface area contributed by atoms with Crippen LogP contribution in [-0.2, 0) is 13.1 Å². The standard InChI is InChI=1S/C11H22N4S/c1-9(2)7-15-11(13-8-14-15)6-12-5-10(3)16-4/h8-10,12H,5-7H2,1-4H3. The number of aromatic nitrogens is 3. The molecule has 4 nitrogen and oxygen atoms in total. The van der Waals surface area contributed by atoms with E-state index < -0.39 is 0 Å². The van der Waals surface area contributed by atoms with E-state index in [0.717, 1.165) is 25.5 Å². The Kier molecular flexibility index (Phi) is 5.84. The summed E-state index contributed by atoms with van der Waals surface area (Å²) in [5.74, 6) is 1.63. The molecule has 0 saturated heterocycles. The molecule has 0 amide bonds. The Labute approximate surface area is 102 Å². The van der Waals surface area contributed by atoms with Crippen LogP contribution in [0.3, 0.4) is 0 Å². The molecule has 1 N–H and O–H groups in total. The third kappa shape index (κ3) is 4.53. The van der Waals surface area contributed by atoms with Crippen molar-refractivity contribution in [2.75, 3.05) is 12.8 Å². The van der Waals surface area contributed by atoms with Crippen molar-refractivity contribution in [3.05, 3.63) is 12.2 Å². The van der Waals surface area contributed by atoms with E-state index in [9.17, 15) is 0 Å². The summed E-state index contributed by atoms with van der Waals surface area (Å²) in [6.07, 6.45) is 3.77. The summed E-state index contributed by atoms with van der Waals surface area (Å²) in [5.41, 5.74) is 0. The molecule has 0 radical (unpaired) electrons. The Morgan fingerprint density at radius 2 is 2.19 bits per heavy atom. The molecule has 1 atom stereocenters. The van der Waals surface area contributed by atoms with E-state index in [-0.39, 0.29) is 0 Å². The van der Waals surface area contributed by atoms with E-state index in [4.69, 9.17) is 0 Å². The average Bonchev–Trinajstić information content (AvgIpc) is 2.64. The van der Waals surface area contributed by atoms with Crippen LogP contribution in [-0.4, -0.2) is 32.8 Å². The van der Waals surface area contributed by atoms with Crippen molar-refractivity contribution in [1.29, 1.82) is 0 Å². The number of hydrogen-bond acceptors (Lipinski definition) is 4. The molecule has 1 aromatic rings. The van der Waals surface area contributed by atoms with Crippen molar-refractivity contribution in [1.82, 2.24) is 20.1 Å². The van der Waals surface area contributed by atoms with Gasteiger partial charge in [-0.15, -0.1) is 0 Å². The Morgan fingerprint density at radius 3 is 2.81 bits per heavy atom. The zero-order valence-corrected chi connectivity index (χ0v) is 11.4. The molecular weight excluding hydrogens is 220 g/mol. The van der Waals surface area contributed by atoms with E-state index in [1.54, 1.807) is 6.33 Å². The Morgan fingerprint density at radius 1 is 1.44 bits per heavy atom. The Bertz CT molecular complexity index is 298. The lowest BCUT2D eigenvalue weighted by Gasteiger charge is -2.11.